The predicted octanol–water partition coefficient (Wildman–Crippen LogP) is 5.94. The van der Waals surface area contributed by atoms with E-state index in [1.54, 1.807) is 0 Å². The summed E-state index contributed by atoms with van der Waals surface area (Å²) >= 11 is 0. The summed E-state index contributed by atoms with van der Waals surface area (Å²) in [5, 5.41) is 0. The third-order valence-electron chi connectivity index (χ3n) is 5.32. The largest absolute Gasteiger partial charge is 0.369 e. The highest BCUT2D eigenvalue weighted by molar-refractivity contribution is 5.58. The number of anilines is 2. The lowest BCUT2D eigenvalue weighted by Gasteiger charge is -2.34. The van der Waals surface area contributed by atoms with E-state index in [2.05, 4.69) is 86.0 Å². The summed E-state index contributed by atoms with van der Waals surface area (Å²) in [7, 11) is 0. The van der Waals surface area contributed by atoms with Gasteiger partial charge in [0.2, 0.25) is 0 Å². The van der Waals surface area contributed by atoms with Gasteiger partial charge in [0.15, 0.2) is 0 Å². The Morgan fingerprint density at radius 2 is 1.12 bits per heavy atom. The Balaban J connectivity index is 0.000000180. The van der Waals surface area contributed by atoms with E-state index in [0.29, 0.717) is 12.1 Å². The standard InChI is InChI=1S/C12H17N.C11H15N.CH4/c1-10(2)13-9-5-7-11-6-3-4-8-12(11)13;1-9(2)12-8-7-10-5-3-4-6-11(10)12;/h3-4,6,8,10H,5,7,9H2,1-2H3;3-6,9H,7-8H2,1-2H3;1H4. The Morgan fingerprint density at radius 3 is 1.65 bits per heavy atom. The van der Waals surface area contributed by atoms with Crippen molar-refractivity contribution in [3.63, 3.8) is 0 Å². The average molecular weight is 353 g/mol. The molecular formula is C24H36N2. The lowest BCUT2D eigenvalue weighted by molar-refractivity contribution is 0.626. The second-order valence-corrected chi connectivity index (χ2v) is 7.69. The van der Waals surface area contributed by atoms with Gasteiger partial charge in [-0.25, -0.2) is 0 Å². The Hall–Kier alpha value is -1.96. The Bertz CT molecular complexity index is 690. The third kappa shape index (κ3) is 4.41. The molecule has 0 N–H and O–H groups in total. The van der Waals surface area contributed by atoms with Crippen LogP contribution in [-0.4, -0.2) is 25.2 Å². The van der Waals surface area contributed by atoms with E-state index in [1.165, 1.54) is 54.9 Å². The SMILES string of the molecule is C.CC(C)N1CCCc2ccccc21.CC(C)N1CCc2ccccc21. The molecule has 0 aromatic heterocycles. The van der Waals surface area contributed by atoms with Crippen LogP contribution in [0.15, 0.2) is 48.5 Å². The number of nitrogens with zero attached hydrogens (tertiary/aromatic N) is 2. The molecule has 2 heterocycles. The van der Waals surface area contributed by atoms with Crippen LogP contribution < -0.4 is 9.80 Å². The molecule has 0 fully saturated rings. The molecule has 26 heavy (non-hydrogen) atoms. The van der Waals surface area contributed by atoms with Crippen molar-refractivity contribution in [2.75, 3.05) is 22.9 Å². The van der Waals surface area contributed by atoms with E-state index in [-0.39, 0.29) is 7.43 Å². The number of benzene rings is 2. The minimum absolute atomic E-state index is 0. The second kappa shape index (κ2) is 9.12. The first kappa shape index (κ1) is 20.4. The van der Waals surface area contributed by atoms with Crippen LogP contribution in [0.3, 0.4) is 0 Å². The molecule has 2 aromatic rings. The van der Waals surface area contributed by atoms with Gasteiger partial charge in [0.25, 0.3) is 0 Å². The number of para-hydroxylation sites is 2. The lowest BCUT2D eigenvalue weighted by atomic mass is 10.0. The molecule has 0 saturated heterocycles. The number of hydrogen-bond donors (Lipinski definition) is 0. The molecule has 0 aliphatic carbocycles. The quantitative estimate of drug-likeness (QED) is 0.660. The van der Waals surface area contributed by atoms with E-state index in [4.69, 9.17) is 0 Å². The van der Waals surface area contributed by atoms with Gasteiger partial charge in [-0.3, -0.25) is 0 Å². The fourth-order valence-corrected chi connectivity index (χ4v) is 4.00. The van der Waals surface area contributed by atoms with Crippen molar-refractivity contribution in [1.82, 2.24) is 0 Å². The first-order valence-electron chi connectivity index (χ1n) is 9.77. The molecule has 2 aliphatic rings. The maximum Gasteiger partial charge on any atom is 0.0401 e. The van der Waals surface area contributed by atoms with Crippen LogP contribution in [0.5, 0.6) is 0 Å². The van der Waals surface area contributed by atoms with E-state index in [9.17, 15) is 0 Å². The van der Waals surface area contributed by atoms with Crippen LogP contribution in [0.2, 0.25) is 0 Å². The molecule has 0 atom stereocenters. The van der Waals surface area contributed by atoms with Crippen LogP contribution in [0.4, 0.5) is 11.4 Å². The fraction of sp³-hybridized carbons (Fsp3) is 0.500. The molecule has 0 radical (unpaired) electrons. The summed E-state index contributed by atoms with van der Waals surface area (Å²) in [6, 6.07) is 18.7. The predicted molar refractivity (Wildman–Crippen MR) is 117 cm³/mol. The van der Waals surface area contributed by atoms with Gasteiger partial charge in [0, 0.05) is 36.5 Å². The normalized spacial score (nSPS) is 15.2. The monoisotopic (exact) mass is 352 g/mol. The summed E-state index contributed by atoms with van der Waals surface area (Å²) in [4.78, 5) is 4.97. The lowest BCUT2D eigenvalue weighted by Crippen LogP contribution is -2.35. The molecular weight excluding hydrogens is 316 g/mol. The Kier molecular flexibility index (Phi) is 7.14. The zero-order valence-corrected chi connectivity index (χ0v) is 16.2. The fourth-order valence-electron chi connectivity index (χ4n) is 4.00. The van der Waals surface area contributed by atoms with E-state index < -0.39 is 0 Å². The zero-order valence-electron chi connectivity index (χ0n) is 16.2. The van der Waals surface area contributed by atoms with Crippen molar-refractivity contribution in [3.05, 3.63) is 59.7 Å². The highest BCUT2D eigenvalue weighted by Gasteiger charge is 2.20. The number of aryl methyl sites for hydroxylation is 1. The summed E-state index contributed by atoms with van der Waals surface area (Å²) in [6.45, 7) is 11.4. The van der Waals surface area contributed by atoms with Crippen LogP contribution in [0, 0.1) is 0 Å². The molecule has 4 rings (SSSR count). The number of fused-ring (bicyclic) bond motifs is 2. The van der Waals surface area contributed by atoms with Crippen molar-refractivity contribution in [2.45, 2.75) is 66.5 Å². The molecule has 0 bridgehead atoms. The summed E-state index contributed by atoms with van der Waals surface area (Å²) < 4.78 is 0. The third-order valence-corrected chi connectivity index (χ3v) is 5.32. The van der Waals surface area contributed by atoms with Crippen LogP contribution in [0.1, 0.15) is 52.7 Å². The van der Waals surface area contributed by atoms with Crippen molar-refractivity contribution in [1.29, 1.82) is 0 Å². The minimum Gasteiger partial charge on any atom is -0.369 e. The van der Waals surface area contributed by atoms with Crippen LogP contribution in [-0.2, 0) is 12.8 Å². The van der Waals surface area contributed by atoms with Gasteiger partial charge in [-0.2, -0.15) is 0 Å². The molecule has 2 aliphatic heterocycles. The maximum absolute atomic E-state index is 2.50. The Labute approximate surface area is 160 Å². The molecule has 0 saturated carbocycles. The first-order chi connectivity index (χ1) is 12.1. The molecule has 0 unspecified atom stereocenters. The highest BCUT2D eigenvalue weighted by Crippen LogP contribution is 2.29. The van der Waals surface area contributed by atoms with Gasteiger partial charge in [-0.05, 0) is 70.2 Å². The number of rotatable bonds is 2. The van der Waals surface area contributed by atoms with Gasteiger partial charge in [0.1, 0.15) is 0 Å². The van der Waals surface area contributed by atoms with E-state index in [0.717, 1.165) is 0 Å². The van der Waals surface area contributed by atoms with Crippen molar-refractivity contribution >= 4 is 11.4 Å². The number of hydrogen-bond acceptors (Lipinski definition) is 2. The van der Waals surface area contributed by atoms with Crippen molar-refractivity contribution in [3.8, 4) is 0 Å². The average Bonchev–Trinajstić information content (AvgIpc) is 3.06. The summed E-state index contributed by atoms with van der Waals surface area (Å²) in [5.41, 5.74) is 5.91. The summed E-state index contributed by atoms with van der Waals surface area (Å²) in [5.74, 6) is 0. The van der Waals surface area contributed by atoms with E-state index >= 15 is 0 Å². The van der Waals surface area contributed by atoms with Crippen LogP contribution >= 0.6 is 0 Å². The first-order valence-corrected chi connectivity index (χ1v) is 9.77. The Morgan fingerprint density at radius 1 is 0.654 bits per heavy atom. The van der Waals surface area contributed by atoms with Gasteiger partial charge < -0.3 is 9.80 Å². The molecule has 142 valence electrons. The van der Waals surface area contributed by atoms with Crippen molar-refractivity contribution in [2.24, 2.45) is 0 Å². The van der Waals surface area contributed by atoms with Crippen LogP contribution in [0.25, 0.3) is 0 Å². The molecule has 2 nitrogen and oxygen atoms in total. The maximum atomic E-state index is 2.50. The van der Waals surface area contributed by atoms with Gasteiger partial charge in [-0.15, -0.1) is 0 Å². The van der Waals surface area contributed by atoms with Crippen molar-refractivity contribution < 1.29 is 0 Å². The minimum atomic E-state index is 0. The van der Waals surface area contributed by atoms with Gasteiger partial charge >= 0.3 is 0 Å². The van der Waals surface area contributed by atoms with Gasteiger partial charge in [0.05, 0.1) is 0 Å². The molecule has 2 heteroatoms. The zero-order chi connectivity index (χ0) is 17.8. The topological polar surface area (TPSA) is 6.48 Å². The van der Waals surface area contributed by atoms with Gasteiger partial charge in [-0.1, -0.05) is 43.8 Å². The molecule has 2 aromatic carbocycles. The molecule has 0 amide bonds. The smallest absolute Gasteiger partial charge is 0.0401 e. The summed E-state index contributed by atoms with van der Waals surface area (Å²) in [6.07, 6.45) is 3.77. The molecule has 0 spiro atoms. The highest BCUT2D eigenvalue weighted by atomic mass is 15.2. The second-order valence-electron chi connectivity index (χ2n) is 7.69. The van der Waals surface area contributed by atoms with E-state index in [1.807, 2.05) is 0 Å².